The lowest BCUT2D eigenvalue weighted by molar-refractivity contribution is -0.140. The lowest BCUT2D eigenvalue weighted by atomic mass is 10.1. The van der Waals surface area contributed by atoms with Gasteiger partial charge in [0.25, 0.3) is 0 Å². The summed E-state index contributed by atoms with van der Waals surface area (Å²) in [5, 5.41) is 0. The minimum Gasteiger partial charge on any atom is -0.497 e. The van der Waals surface area contributed by atoms with Gasteiger partial charge in [0.15, 0.2) is 0 Å². The number of pyridine rings is 1. The number of hydrogen-bond donors (Lipinski definition) is 0. The Balaban J connectivity index is 1.82. The summed E-state index contributed by atoms with van der Waals surface area (Å²) < 4.78 is 15.8. The number of halogens is 1. The van der Waals surface area contributed by atoms with Crippen molar-refractivity contribution in [3.8, 4) is 11.5 Å². The minimum atomic E-state index is -0.265. The normalized spacial score (nSPS) is 10.5. The van der Waals surface area contributed by atoms with Gasteiger partial charge in [0.1, 0.15) is 11.5 Å². The van der Waals surface area contributed by atoms with Crippen LogP contribution in [0.1, 0.15) is 36.2 Å². The zero-order chi connectivity index (χ0) is 19.5. The van der Waals surface area contributed by atoms with Crippen molar-refractivity contribution in [1.82, 2.24) is 4.98 Å². The van der Waals surface area contributed by atoms with Crippen molar-refractivity contribution in [2.45, 2.75) is 38.0 Å². The zero-order valence-electron chi connectivity index (χ0n) is 15.9. The first kappa shape index (κ1) is 21.0. The van der Waals surface area contributed by atoms with Gasteiger partial charge >= 0.3 is 5.97 Å². The molecule has 0 radical (unpaired) electrons. The molecular weight excluding hydrogens is 366 g/mol. The SMILES string of the molecule is COC(=O)CCc1nc(CCl)ccc1OCCCCc1ccc(OC)cc1. The molecule has 0 aliphatic heterocycles. The molecule has 1 aromatic heterocycles. The molecule has 2 aromatic rings. The molecule has 0 saturated heterocycles. The van der Waals surface area contributed by atoms with Crippen LogP contribution in [-0.2, 0) is 28.3 Å². The van der Waals surface area contributed by atoms with Crippen LogP contribution in [0.4, 0.5) is 0 Å². The summed E-state index contributed by atoms with van der Waals surface area (Å²) in [7, 11) is 3.05. The Morgan fingerprint density at radius 2 is 1.81 bits per heavy atom. The number of aromatic nitrogens is 1. The van der Waals surface area contributed by atoms with E-state index in [0.717, 1.165) is 36.4 Å². The molecule has 146 valence electrons. The van der Waals surface area contributed by atoms with E-state index < -0.39 is 0 Å². The lowest BCUT2D eigenvalue weighted by Crippen LogP contribution is -2.07. The fourth-order valence-corrected chi connectivity index (χ4v) is 2.80. The van der Waals surface area contributed by atoms with Crippen LogP contribution >= 0.6 is 11.6 Å². The predicted octanol–water partition coefficient (Wildman–Crippen LogP) is 4.34. The number of aryl methyl sites for hydroxylation is 2. The molecule has 0 fully saturated rings. The van der Waals surface area contributed by atoms with Crippen LogP contribution < -0.4 is 9.47 Å². The molecule has 0 bridgehead atoms. The molecule has 0 aliphatic rings. The average molecular weight is 392 g/mol. The van der Waals surface area contributed by atoms with Gasteiger partial charge in [-0.1, -0.05) is 12.1 Å². The van der Waals surface area contributed by atoms with Crippen LogP contribution in [0.3, 0.4) is 0 Å². The highest BCUT2D eigenvalue weighted by atomic mass is 35.5. The molecule has 5 nitrogen and oxygen atoms in total. The van der Waals surface area contributed by atoms with E-state index in [1.807, 2.05) is 24.3 Å². The van der Waals surface area contributed by atoms with E-state index in [2.05, 4.69) is 17.1 Å². The van der Waals surface area contributed by atoms with Crippen LogP contribution in [-0.4, -0.2) is 31.8 Å². The van der Waals surface area contributed by atoms with Gasteiger partial charge in [0, 0.05) is 6.42 Å². The lowest BCUT2D eigenvalue weighted by Gasteiger charge is -2.12. The summed E-state index contributed by atoms with van der Waals surface area (Å²) in [6.07, 6.45) is 3.68. The van der Waals surface area contributed by atoms with Crippen molar-refractivity contribution >= 4 is 17.6 Å². The van der Waals surface area contributed by atoms with Crippen LogP contribution in [0.25, 0.3) is 0 Å². The van der Waals surface area contributed by atoms with E-state index >= 15 is 0 Å². The van der Waals surface area contributed by atoms with Gasteiger partial charge in [-0.2, -0.15) is 0 Å². The monoisotopic (exact) mass is 391 g/mol. The van der Waals surface area contributed by atoms with Gasteiger partial charge in [-0.15, -0.1) is 11.6 Å². The van der Waals surface area contributed by atoms with Gasteiger partial charge in [-0.25, -0.2) is 0 Å². The van der Waals surface area contributed by atoms with E-state index in [-0.39, 0.29) is 12.4 Å². The molecule has 0 saturated carbocycles. The molecule has 0 atom stereocenters. The number of benzene rings is 1. The predicted molar refractivity (Wildman–Crippen MR) is 106 cm³/mol. The van der Waals surface area contributed by atoms with Crippen LogP contribution in [0.2, 0.25) is 0 Å². The van der Waals surface area contributed by atoms with Gasteiger partial charge in [0.2, 0.25) is 0 Å². The quantitative estimate of drug-likeness (QED) is 0.324. The number of carbonyl (C=O) groups excluding carboxylic acids is 1. The third-order valence-corrected chi connectivity index (χ3v) is 4.47. The number of alkyl halides is 1. The summed E-state index contributed by atoms with van der Waals surface area (Å²) in [6, 6.07) is 11.8. The number of unbranched alkanes of at least 4 members (excludes halogenated alkanes) is 1. The highest BCUT2D eigenvalue weighted by Crippen LogP contribution is 2.20. The van der Waals surface area contributed by atoms with Crippen molar-refractivity contribution in [2.75, 3.05) is 20.8 Å². The number of hydrogen-bond acceptors (Lipinski definition) is 5. The second kappa shape index (κ2) is 11.4. The number of nitrogens with zero attached hydrogens (tertiary/aromatic N) is 1. The van der Waals surface area contributed by atoms with Crippen LogP contribution in [0.5, 0.6) is 11.5 Å². The number of carbonyl (C=O) groups is 1. The van der Waals surface area contributed by atoms with E-state index in [4.69, 9.17) is 25.8 Å². The summed E-state index contributed by atoms with van der Waals surface area (Å²) in [5.41, 5.74) is 2.79. The second-order valence-corrected chi connectivity index (χ2v) is 6.38. The third-order valence-electron chi connectivity index (χ3n) is 4.20. The molecule has 0 unspecified atom stereocenters. The molecule has 1 heterocycles. The Hall–Kier alpha value is -2.27. The molecule has 0 N–H and O–H groups in total. The standard InChI is InChI=1S/C21H26ClNO4/c1-25-18-9-6-16(7-10-18)5-3-4-14-27-20-12-8-17(15-22)23-19(20)11-13-21(24)26-2/h6-10,12H,3-5,11,13-15H2,1-2H3. The fourth-order valence-electron chi connectivity index (χ4n) is 2.65. The number of esters is 1. The Kier molecular flexibility index (Phi) is 8.92. The summed E-state index contributed by atoms with van der Waals surface area (Å²) in [4.78, 5) is 15.9. The van der Waals surface area contributed by atoms with E-state index in [1.54, 1.807) is 7.11 Å². The van der Waals surface area contributed by atoms with Gasteiger partial charge in [-0.05, 0) is 49.1 Å². The molecular formula is C21H26ClNO4. The maximum absolute atomic E-state index is 11.4. The van der Waals surface area contributed by atoms with Crippen molar-refractivity contribution < 1.29 is 19.0 Å². The van der Waals surface area contributed by atoms with E-state index in [9.17, 15) is 4.79 Å². The smallest absolute Gasteiger partial charge is 0.305 e. The number of rotatable bonds is 11. The van der Waals surface area contributed by atoms with Gasteiger partial charge in [-0.3, -0.25) is 9.78 Å². The molecule has 0 aliphatic carbocycles. The Morgan fingerprint density at radius 3 is 2.48 bits per heavy atom. The van der Waals surface area contributed by atoms with Crippen molar-refractivity contribution in [1.29, 1.82) is 0 Å². The topological polar surface area (TPSA) is 57.7 Å². The third kappa shape index (κ3) is 7.10. The van der Waals surface area contributed by atoms with E-state index in [0.29, 0.717) is 24.7 Å². The Bertz CT molecular complexity index is 719. The van der Waals surface area contributed by atoms with Gasteiger partial charge < -0.3 is 14.2 Å². The first-order chi connectivity index (χ1) is 13.2. The first-order valence-corrected chi connectivity index (χ1v) is 9.57. The highest BCUT2D eigenvalue weighted by molar-refractivity contribution is 6.16. The largest absolute Gasteiger partial charge is 0.497 e. The Morgan fingerprint density at radius 1 is 1.04 bits per heavy atom. The average Bonchev–Trinajstić information content (AvgIpc) is 2.72. The fraction of sp³-hybridized carbons (Fsp3) is 0.429. The summed E-state index contributed by atoms with van der Waals surface area (Å²) in [5.74, 6) is 1.64. The van der Waals surface area contributed by atoms with Crippen molar-refractivity contribution in [2.24, 2.45) is 0 Å². The van der Waals surface area contributed by atoms with Crippen molar-refractivity contribution in [3.05, 3.63) is 53.3 Å². The van der Waals surface area contributed by atoms with Crippen molar-refractivity contribution in [3.63, 3.8) is 0 Å². The maximum Gasteiger partial charge on any atom is 0.305 e. The number of ether oxygens (including phenoxy) is 3. The summed E-state index contributed by atoms with van der Waals surface area (Å²) in [6.45, 7) is 0.600. The molecule has 0 amide bonds. The van der Waals surface area contributed by atoms with Crippen LogP contribution in [0, 0.1) is 0 Å². The molecule has 27 heavy (non-hydrogen) atoms. The minimum absolute atomic E-state index is 0.265. The Labute approximate surface area is 165 Å². The van der Waals surface area contributed by atoms with Gasteiger partial charge in [0.05, 0.1) is 44.5 Å². The second-order valence-electron chi connectivity index (χ2n) is 6.11. The first-order valence-electron chi connectivity index (χ1n) is 9.03. The maximum atomic E-state index is 11.4. The molecule has 0 spiro atoms. The number of methoxy groups -OCH3 is 2. The summed E-state index contributed by atoms with van der Waals surface area (Å²) >= 11 is 5.86. The van der Waals surface area contributed by atoms with Crippen LogP contribution in [0.15, 0.2) is 36.4 Å². The molecule has 1 aromatic carbocycles. The highest BCUT2D eigenvalue weighted by Gasteiger charge is 2.10. The zero-order valence-corrected chi connectivity index (χ0v) is 16.6. The van der Waals surface area contributed by atoms with E-state index in [1.165, 1.54) is 12.7 Å². The molecule has 2 rings (SSSR count). The molecule has 6 heteroatoms.